The lowest BCUT2D eigenvalue weighted by atomic mass is 10.0. The normalized spacial score (nSPS) is 14.9. The van der Waals surface area contributed by atoms with Gasteiger partial charge in [0.1, 0.15) is 13.2 Å². The molecule has 0 rings (SSSR count). The van der Waals surface area contributed by atoms with E-state index in [0.29, 0.717) is 23.9 Å². The number of amides is 1. The number of unbranched alkanes of at least 4 members (excludes halogenated alkanes) is 18. The van der Waals surface area contributed by atoms with Gasteiger partial charge in [0.05, 0.1) is 39.9 Å². The van der Waals surface area contributed by atoms with E-state index in [9.17, 15) is 19.4 Å². The number of phosphoric ester groups is 1. The fraction of sp³-hybridized carbons (Fsp3) is 0.833. The molecular weight excluding hydrogens is 659 g/mol. The molecule has 51 heavy (non-hydrogen) atoms. The third kappa shape index (κ3) is 36.9. The third-order valence-corrected chi connectivity index (χ3v) is 10.1. The Labute approximate surface area is 315 Å². The predicted molar refractivity (Wildman–Crippen MR) is 217 cm³/mol. The van der Waals surface area contributed by atoms with Crippen LogP contribution in [-0.2, 0) is 18.4 Å². The molecule has 0 radical (unpaired) electrons. The van der Waals surface area contributed by atoms with Crippen molar-refractivity contribution in [2.75, 3.05) is 40.9 Å². The standard InChI is InChI=1S/C42H81N2O6P/c1-6-8-10-12-13-14-15-16-17-18-19-20-21-22-23-24-25-26-27-28-29-30-31-32-34-36-42(46)43-40(41(45)35-33-11-9-7-2)39-50-51(47,48)49-38-37-44(3,4)5/h15-16,18-19,21-22,40-41,45H,6-14,17,20,23-39H2,1-5H3,(H-,43,46,47,48)/p+1/b16-15-,19-18-,22-21-. The highest BCUT2D eigenvalue weighted by atomic mass is 31.2. The SMILES string of the molecule is CCCCCCC/C=C\C/C=C\C/C=C\CCCCCCCCCCCCC(=O)NC(COP(=O)(O)OCC[N+](C)(C)C)C(O)CCCCCC. The topological polar surface area (TPSA) is 105 Å². The van der Waals surface area contributed by atoms with Gasteiger partial charge in [0.25, 0.3) is 0 Å². The Balaban J connectivity index is 4.00. The lowest BCUT2D eigenvalue weighted by molar-refractivity contribution is -0.870. The molecule has 8 nitrogen and oxygen atoms in total. The molecule has 0 fully saturated rings. The zero-order valence-electron chi connectivity index (χ0n) is 33.8. The van der Waals surface area contributed by atoms with Crippen LogP contribution in [0.2, 0.25) is 0 Å². The monoisotopic (exact) mass is 742 g/mol. The van der Waals surface area contributed by atoms with Crippen molar-refractivity contribution in [3.63, 3.8) is 0 Å². The number of aliphatic hydroxyl groups excluding tert-OH is 1. The molecule has 0 aliphatic rings. The minimum absolute atomic E-state index is 0.0717. The van der Waals surface area contributed by atoms with Gasteiger partial charge < -0.3 is 19.8 Å². The van der Waals surface area contributed by atoms with Gasteiger partial charge in [-0.2, -0.15) is 0 Å². The number of likely N-dealkylation sites (N-methyl/N-ethyl adjacent to an activating group) is 1. The maximum atomic E-state index is 12.7. The number of hydrogen-bond donors (Lipinski definition) is 3. The lowest BCUT2D eigenvalue weighted by Crippen LogP contribution is -2.46. The predicted octanol–water partition coefficient (Wildman–Crippen LogP) is 11.1. The van der Waals surface area contributed by atoms with E-state index in [1.165, 1.54) is 89.9 Å². The first-order chi connectivity index (χ1) is 24.5. The summed E-state index contributed by atoms with van der Waals surface area (Å²) in [6, 6.07) is -0.758. The van der Waals surface area contributed by atoms with Crippen molar-refractivity contribution >= 4 is 13.7 Å². The number of hydrogen-bond acceptors (Lipinski definition) is 5. The van der Waals surface area contributed by atoms with Crippen molar-refractivity contribution in [2.45, 2.75) is 187 Å². The van der Waals surface area contributed by atoms with Gasteiger partial charge >= 0.3 is 7.82 Å². The first kappa shape index (κ1) is 49.7. The van der Waals surface area contributed by atoms with Crippen LogP contribution in [0.1, 0.15) is 174 Å². The number of nitrogens with one attached hydrogen (secondary N) is 1. The van der Waals surface area contributed by atoms with Crippen LogP contribution in [0.5, 0.6) is 0 Å². The maximum absolute atomic E-state index is 12.7. The molecule has 0 spiro atoms. The summed E-state index contributed by atoms with van der Waals surface area (Å²) in [6.45, 7) is 4.74. The fourth-order valence-electron chi connectivity index (χ4n) is 5.76. The van der Waals surface area contributed by atoms with Crippen molar-refractivity contribution in [3.8, 4) is 0 Å². The van der Waals surface area contributed by atoms with Gasteiger partial charge in [-0.1, -0.05) is 153 Å². The summed E-state index contributed by atoms with van der Waals surface area (Å²) in [5, 5.41) is 13.7. The number of nitrogens with zero attached hydrogens (tertiary/aromatic N) is 1. The fourth-order valence-corrected chi connectivity index (χ4v) is 6.49. The summed E-state index contributed by atoms with van der Waals surface area (Å²) < 4.78 is 23.3. The van der Waals surface area contributed by atoms with Crippen molar-refractivity contribution in [1.29, 1.82) is 0 Å². The number of aliphatic hydroxyl groups is 1. The van der Waals surface area contributed by atoms with Gasteiger partial charge in [-0.25, -0.2) is 4.57 Å². The van der Waals surface area contributed by atoms with Crippen LogP contribution in [0.3, 0.4) is 0 Å². The molecule has 300 valence electrons. The molecule has 0 bridgehead atoms. The zero-order valence-corrected chi connectivity index (χ0v) is 34.7. The van der Waals surface area contributed by atoms with Crippen LogP contribution in [0.25, 0.3) is 0 Å². The van der Waals surface area contributed by atoms with Crippen LogP contribution in [0, 0.1) is 0 Å². The van der Waals surface area contributed by atoms with E-state index in [1.807, 2.05) is 21.1 Å². The summed E-state index contributed by atoms with van der Waals surface area (Å²) in [6.07, 6.45) is 40.9. The van der Waals surface area contributed by atoms with Crippen molar-refractivity contribution < 1.29 is 32.9 Å². The molecule has 3 N–H and O–H groups in total. The Morgan fingerprint density at radius 1 is 0.667 bits per heavy atom. The van der Waals surface area contributed by atoms with Gasteiger partial charge in [-0.3, -0.25) is 13.8 Å². The van der Waals surface area contributed by atoms with Gasteiger partial charge in [0.2, 0.25) is 5.91 Å². The molecule has 0 saturated carbocycles. The van der Waals surface area contributed by atoms with E-state index in [4.69, 9.17) is 9.05 Å². The molecule has 0 aliphatic heterocycles. The number of rotatable bonds is 37. The number of quaternary nitrogens is 1. The van der Waals surface area contributed by atoms with Crippen LogP contribution >= 0.6 is 7.82 Å². The van der Waals surface area contributed by atoms with Crippen LogP contribution in [0.15, 0.2) is 36.5 Å². The Bertz CT molecular complexity index is 933. The average Bonchev–Trinajstić information content (AvgIpc) is 3.07. The minimum Gasteiger partial charge on any atom is -0.391 e. The largest absolute Gasteiger partial charge is 0.472 e. The smallest absolute Gasteiger partial charge is 0.391 e. The number of allylic oxidation sites excluding steroid dienone is 6. The highest BCUT2D eigenvalue weighted by Crippen LogP contribution is 2.43. The Morgan fingerprint density at radius 2 is 1.12 bits per heavy atom. The number of phosphoric acid groups is 1. The molecule has 1 amide bonds. The van der Waals surface area contributed by atoms with Crippen molar-refractivity contribution in [3.05, 3.63) is 36.5 Å². The van der Waals surface area contributed by atoms with Gasteiger partial charge in [-0.15, -0.1) is 0 Å². The molecule has 0 aliphatic carbocycles. The molecule has 3 unspecified atom stereocenters. The van der Waals surface area contributed by atoms with E-state index in [1.54, 1.807) is 0 Å². The highest BCUT2D eigenvalue weighted by Gasteiger charge is 2.28. The molecule has 0 saturated heterocycles. The van der Waals surface area contributed by atoms with Gasteiger partial charge in [0.15, 0.2) is 0 Å². The number of carbonyl (C=O) groups excluding carboxylic acids is 1. The lowest BCUT2D eigenvalue weighted by Gasteiger charge is -2.26. The van der Waals surface area contributed by atoms with Crippen molar-refractivity contribution in [2.24, 2.45) is 0 Å². The molecule has 9 heteroatoms. The highest BCUT2D eigenvalue weighted by molar-refractivity contribution is 7.47. The van der Waals surface area contributed by atoms with Crippen LogP contribution < -0.4 is 5.32 Å². The maximum Gasteiger partial charge on any atom is 0.472 e. The summed E-state index contributed by atoms with van der Waals surface area (Å²) in [5.74, 6) is -0.159. The summed E-state index contributed by atoms with van der Waals surface area (Å²) in [4.78, 5) is 22.9. The van der Waals surface area contributed by atoms with Crippen LogP contribution in [0.4, 0.5) is 0 Å². The molecular formula is C42H82N2O6P+. The number of carbonyl (C=O) groups is 1. The first-order valence-electron chi connectivity index (χ1n) is 20.9. The van der Waals surface area contributed by atoms with E-state index in [0.717, 1.165) is 57.8 Å². The van der Waals surface area contributed by atoms with Crippen LogP contribution in [-0.4, -0.2) is 73.4 Å². The minimum atomic E-state index is -4.29. The summed E-state index contributed by atoms with van der Waals surface area (Å²) >= 11 is 0. The second kappa shape index (κ2) is 34.5. The Morgan fingerprint density at radius 3 is 1.63 bits per heavy atom. The van der Waals surface area contributed by atoms with Crippen molar-refractivity contribution in [1.82, 2.24) is 5.32 Å². The third-order valence-electron chi connectivity index (χ3n) is 9.14. The average molecular weight is 742 g/mol. The summed E-state index contributed by atoms with van der Waals surface area (Å²) in [5.41, 5.74) is 0. The van der Waals surface area contributed by atoms with E-state index >= 15 is 0 Å². The van der Waals surface area contributed by atoms with E-state index in [-0.39, 0.29) is 19.1 Å². The van der Waals surface area contributed by atoms with Gasteiger partial charge in [-0.05, 0) is 51.4 Å². The molecule has 3 atom stereocenters. The zero-order chi connectivity index (χ0) is 37.9. The molecule has 0 aromatic rings. The molecule has 0 aromatic heterocycles. The second-order valence-corrected chi connectivity index (χ2v) is 16.8. The molecule has 0 aromatic carbocycles. The van der Waals surface area contributed by atoms with Gasteiger partial charge in [0, 0.05) is 6.42 Å². The molecule has 0 heterocycles. The quantitative estimate of drug-likeness (QED) is 0.0253. The van der Waals surface area contributed by atoms with E-state index in [2.05, 4.69) is 55.6 Å². The Hall–Kier alpha value is -1.28. The second-order valence-electron chi connectivity index (χ2n) is 15.4. The first-order valence-corrected chi connectivity index (χ1v) is 22.3. The van der Waals surface area contributed by atoms with E-state index < -0.39 is 20.0 Å². The summed E-state index contributed by atoms with van der Waals surface area (Å²) in [7, 11) is 1.60. The Kier molecular flexibility index (Phi) is 33.6.